The van der Waals surface area contributed by atoms with Gasteiger partial charge in [0.25, 0.3) is 5.56 Å². The van der Waals surface area contributed by atoms with Crippen molar-refractivity contribution < 1.29 is 9.90 Å². The number of rotatable bonds is 5. The molecule has 1 aromatic heterocycles. The molecule has 0 unspecified atom stereocenters. The van der Waals surface area contributed by atoms with Crippen molar-refractivity contribution in [3.63, 3.8) is 0 Å². The van der Waals surface area contributed by atoms with E-state index in [4.69, 9.17) is 10.8 Å². The van der Waals surface area contributed by atoms with E-state index in [2.05, 4.69) is 0 Å². The number of nitrogens with two attached hydrogens (primary N) is 1. The number of carboxylic acid groups (broad SMARTS) is 1. The van der Waals surface area contributed by atoms with E-state index in [0.717, 1.165) is 10.9 Å². The molecule has 1 heterocycles. The first kappa shape index (κ1) is 14.1. The number of hydrogen-bond donors (Lipinski definition) is 2. The molecule has 0 amide bonds. The summed E-state index contributed by atoms with van der Waals surface area (Å²) in [5, 5.41) is 9.96. The normalized spacial score (nSPS) is 10.8. The minimum Gasteiger partial charge on any atom is -0.481 e. The first-order valence-electron chi connectivity index (χ1n) is 6.60. The van der Waals surface area contributed by atoms with E-state index in [9.17, 15) is 9.59 Å². The summed E-state index contributed by atoms with van der Waals surface area (Å²) in [6.07, 6.45) is 3.09. The van der Waals surface area contributed by atoms with Crippen LogP contribution in [0.5, 0.6) is 0 Å². The maximum atomic E-state index is 12.3. The average Bonchev–Trinajstić information content (AvgIpc) is 2.41. The van der Waals surface area contributed by atoms with Gasteiger partial charge in [-0.2, -0.15) is 0 Å². The van der Waals surface area contributed by atoms with Crippen molar-refractivity contribution in [2.45, 2.75) is 32.7 Å². The highest BCUT2D eigenvalue weighted by Crippen LogP contribution is 2.21. The topological polar surface area (TPSA) is 85.3 Å². The maximum absolute atomic E-state index is 12.3. The number of aromatic nitrogens is 1. The van der Waals surface area contributed by atoms with Crippen molar-refractivity contribution in [3.8, 4) is 0 Å². The zero-order valence-corrected chi connectivity index (χ0v) is 11.4. The number of carboxylic acids is 1. The number of carbonyl (C=O) groups is 1. The first-order valence-corrected chi connectivity index (χ1v) is 6.60. The second-order valence-corrected chi connectivity index (χ2v) is 4.92. The summed E-state index contributed by atoms with van der Waals surface area (Å²) in [5.74, 6) is -0.806. The lowest BCUT2D eigenvalue weighted by molar-refractivity contribution is -0.137. The summed E-state index contributed by atoms with van der Waals surface area (Å²) < 4.78 is 1.61. The van der Waals surface area contributed by atoms with E-state index < -0.39 is 5.97 Å². The van der Waals surface area contributed by atoms with Crippen LogP contribution >= 0.6 is 0 Å². The van der Waals surface area contributed by atoms with Gasteiger partial charge >= 0.3 is 5.97 Å². The molecule has 5 heteroatoms. The fraction of sp³-hybridized carbons (Fsp3) is 0.333. The van der Waals surface area contributed by atoms with Crippen LogP contribution < -0.4 is 11.3 Å². The Balaban J connectivity index is 2.24. The molecule has 0 aliphatic rings. The van der Waals surface area contributed by atoms with Crippen LogP contribution in [0.15, 0.2) is 29.2 Å². The molecule has 0 saturated heterocycles. The Kier molecular flexibility index (Phi) is 4.08. The lowest BCUT2D eigenvalue weighted by atomic mass is 10.1. The zero-order valence-electron chi connectivity index (χ0n) is 11.4. The number of pyridine rings is 1. The summed E-state index contributed by atoms with van der Waals surface area (Å²) in [7, 11) is 0. The minimum absolute atomic E-state index is 0.0791. The molecule has 0 bridgehead atoms. The average molecular weight is 274 g/mol. The van der Waals surface area contributed by atoms with Crippen molar-refractivity contribution in [2.75, 3.05) is 5.73 Å². The number of aliphatic carboxylic acids is 1. The van der Waals surface area contributed by atoms with E-state index in [0.29, 0.717) is 30.5 Å². The maximum Gasteiger partial charge on any atom is 0.303 e. The van der Waals surface area contributed by atoms with Crippen molar-refractivity contribution in [1.29, 1.82) is 0 Å². The highest BCUT2D eigenvalue weighted by molar-refractivity contribution is 5.93. The van der Waals surface area contributed by atoms with Gasteiger partial charge in [-0.05, 0) is 37.5 Å². The van der Waals surface area contributed by atoms with Crippen LogP contribution in [0, 0.1) is 6.92 Å². The summed E-state index contributed by atoms with van der Waals surface area (Å²) >= 11 is 0. The Morgan fingerprint density at radius 2 is 2.00 bits per heavy atom. The standard InChI is InChI=1S/C15H18N2O3/c1-10-5-6-12-11(14(10)16)7-9-17(15(12)20)8-3-2-4-13(18)19/h5-7,9H,2-4,8,16H2,1H3,(H,18,19). The van der Waals surface area contributed by atoms with E-state index in [1.807, 2.05) is 19.1 Å². The smallest absolute Gasteiger partial charge is 0.303 e. The third kappa shape index (κ3) is 2.82. The van der Waals surface area contributed by atoms with Gasteiger partial charge in [0.05, 0.1) is 0 Å². The Bertz CT molecular complexity index is 704. The van der Waals surface area contributed by atoms with E-state index in [1.54, 1.807) is 16.8 Å². The molecule has 1 aromatic carbocycles. The molecule has 106 valence electrons. The molecule has 0 aliphatic carbocycles. The number of benzene rings is 1. The highest BCUT2D eigenvalue weighted by atomic mass is 16.4. The predicted molar refractivity (Wildman–Crippen MR) is 78.8 cm³/mol. The number of unbranched alkanes of at least 4 members (excludes halogenated alkanes) is 1. The molecule has 0 aliphatic heterocycles. The Labute approximate surface area is 116 Å². The molecular weight excluding hydrogens is 256 g/mol. The van der Waals surface area contributed by atoms with E-state index in [-0.39, 0.29) is 12.0 Å². The van der Waals surface area contributed by atoms with Crippen LogP contribution in [0.4, 0.5) is 5.69 Å². The van der Waals surface area contributed by atoms with Gasteiger partial charge in [0.1, 0.15) is 0 Å². The summed E-state index contributed by atoms with van der Waals surface area (Å²) in [5.41, 5.74) is 7.49. The van der Waals surface area contributed by atoms with Crippen LogP contribution in [0.3, 0.4) is 0 Å². The van der Waals surface area contributed by atoms with Crippen molar-refractivity contribution >= 4 is 22.4 Å². The van der Waals surface area contributed by atoms with Gasteiger partial charge in [-0.3, -0.25) is 9.59 Å². The molecule has 20 heavy (non-hydrogen) atoms. The van der Waals surface area contributed by atoms with Gasteiger partial charge in [-0.1, -0.05) is 6.07 Å². The predicted octanol–water partition coefficient (Wildman–Crippen LogP) is 2.15. The molecule has 3 N–H and O–H groups in total. The summed E-state index contributed by atoms with van der Waals surface area (Å²) in [6, 6.07) is 5.47. The molecule has 2 rings (SSSR count). The van der Waals surface area contributed by atoms with Crippen LogP contribution in [-0.4, -0.2) is 15.6 Å². The zero-order chi connectivity index (χ0) is 14.7. The van der Waals surface area contributed by atoms with Crippen LogP contribution in [0.1, 0.15) is 24.8 Å². The van der Waals surface area contributed by atoms with Gasteiger partial charge in [-0.25, -0.2) is 0 Å². The van der Waals surface area contributed by atoms with Gasteiger partial charge in [0.15, 0.2) is 0 Å². The third-order valence-corrected chi connectivity index (χ3v) is 3.46. The van der Waals surface area contributed by atoms with Crippen molar-refractivity contribution in [3.05, 3.63) is 40.3 Å². The molecule has 2 aromatic rings. The lowest BCUT2D eigenvalue weighted by Gasteiger charge is -2.09. The number of anilines is 1. The molecule has 0 spiro atoms. The van der Waals surface area contributed by atoms with Crippen molar-refractivity contribution in [1.82, 2.24) is 4.57 Å². The number of hydrogen-bond acceptors (Lipinski definition) is 3. The van der Waals surface area contributed by atoms with Gasteiger partial charge in [-0.15, -0.1) is 0 Å². The van der Waals surface area contributed by atoms with Crippen LogP contribution in [0.2, 0.25) is 0 Å². The third-order valence-electron chi connectivity index (χ3n) is 3.46. The summed E-state index contributed by atoms with van der Waals surface area (Å²) in [4.78, 5) is 22.8. The monoisotopic (exact) mass is 274 g/mol. The number of fused-ring (bicyclic) bond motifs is 1. The second kappa shape index (κ2) is 5.77. The SMILES string of the molecule is Cc1ccc2c(=O)n(CCCCC(=O)O)ccc2c1N. The lowest BCUT2D eigenvalue weighted by Crippen LogP contribution is -2.20. The quantitative estimate of drug-likeness (QED) is 0.646. The van der Waals surface area contributed by atoms with Gasteiger partial charge < -0.3 is 15.4 Å². The number of aryl methyl sites for hydroxylation is 2. The largest absolute Gasteiger partial charge is 0.481 e. The highest BCUT2D eigenvalue weighted by Gasteiger charge is 2.07. The van der Waals surface area contributed by atoms with Gasteiger partial charge in [0.2, 0.25) is 0 Å². The van der Waals surface area contributed by atoms with E-state index >= 15 is 0 Å². The molecule has 0 radical (unpaired) electrons. The Morgan fingerprint density at radius 1 is 1.25 bits per heavy atom. The Morgan fingerprint density at radius 3 is 2.70 bits per heavy atom. The van der Waals surface area contributed by atoms with Crippen molar-refractivity contribution in [2.24, 2.45) is 0 Å². The first-order chi connectivity index (χ1) is 9.50. The van der Waals surface area contributed by atoms with Crippen LogP contribution in [0.25, 0.3) is 10.8 Å². The summed E-state index contributed by atoms with van der Waals surface area (Å²) in [6.45, 7) is 2.43. The minimum atomic E-state index is -0.806. The molecule has 0 atom stereocenters. The van der Waals surface area contributed by atoms with Gasteiger partial charge in [0, 0.05) is 35.6 Å². The number of nitrogens with zero attached hydrogens (tertiary/aromatic N) is 1. The molecule has 5 nitrogen and oxygen atoms in total. The molecule has 0 saturated carbocycles. The fourth-order valence-electron chi connectivity index (χ4n) is 2.23. The van der Waals surface area contributed by atoms with E-state index in [1.165, 1.54) is 0 Å². The fourth-order valence-corrected chi connectivity index (χ4v) is 2.23. The van der Waals surface area contributed by atoms with Crippen LogP contribution in [-0.2, 0) is 11.3 Å². The molecule has 0 fully saturated rings. The second-order valence-electron chi connectivity index (χ2n) is 4.92. The Hall–Kier alpha value is -2.30. The number of nitrogen functional groups attached to an aromatic ring is 1. The molecular formula is C15H18N2O3.